The smallest absolute Gasteiger partial charge is 0.344 e. The molecule has 0 aliphatic rings. The van der Waals surface area contributed by atoms with E-state index in [9.17, 15) is 14.3 Å². The van der Waals surface area contributed by atoms with Crippen LogP contribution in [0, 0.1) is 5.82 Å². The summed E-state index contributed by atoms with van der Waals surface area (Å²) in [5.74, 6) is 0.250. The van der Waals surface area contributed by atoms with Gasteiger partial charge in [-0.05, 0) is 80.0 Å². The molecular formula is C28H29FN2O5. The minimum Gasteiger partial charge on any atom is -0.481 e. The number of hydrogen-bond donors (Lipinski definition) is 2. The van der Waals surface area contributed by atoms with Gasteiger partial charge in [-0.25, -0.2) is 14.2 Å². The number of fused-ring (bicyclic) bond motifs is 1. The SMILES string of the molecule is CCC(Oc1cccc(CCNCCC(Oc2ccc(F)cc2)c2nc3ccccc3o2)c1)C(=O)O. The quantitative estimate of drug-likeness (QED) is 0.236. The van der Waals surface area contributed by atoms with E-state index >= 15 is 0 Å². The average Bonchev–Trinajstić information content (AvgIpc) is 3.32. The molecule has 1 aromatic heterocycles. The molecule has 2 N–H and O–H groups in total. The number of hydrogen-bond acceptors (Lipinski definition) is 6. The Kier molecular flexibility index (Phi) is 8.52. The van der Waals surface area contributed by atoms with Gasteiger partial charge in [-0.3, -0.25) is 0 Å². The first kappa shape index (κ1) is 25.2. The summed E-state index contributed by atoms with van der Waals surface area (Å²) in [6.45, 7) is 3.12. The summed E-state index contributed by atoms with van der Waals surface area (Å²) in [6.07, 6.45) is 0.414. The zero-order valence-electron chi connectivity index (χ0n) is 20.0. The minimum absolute atomic E-state index is 0.329. The van der Waals surface area contributed by atoms with Crippen molar-refractivity contribution in [2.45, 2.75) is 38.4 Å². The fourth-order valence-corrected chi connectivity index (χ4v) is 3.78. The summed E-state index contributed by atoms with van der Waals surface area (Å²) in [5, 5.41) is 12.6. The molecule has 3 aromatic carbocycles. The molecule has 1 heterocycles. The van der Waals surface area contributed by atoms with Crippen molar-refractivity contribution in [1.82, 2.24) is 10.3 Å². The Morgan fingerprint density at radius 1 is 1.03 bits per heavy atom. The number of para-hydroxylation sites is 2. The first-order chi connectivity index (χ1) is 17.5. The molecule has 36 heavy (non-hydrogen) atoms. The van der Waals surface area contributed by atoms with Crippen LogP contribution in [0.1, 0.15) is 37.3 Å². The molecule has 4 aromatic rings. The summed E-state index contributed by atoms with van der Waals surface area (Å²) in [4.78, 5) is 15.8. The number of rotatable bonds is 13. The standard InChI is InChI=1S/C28H29FN2O5/c1-2-24(28(32)33)35-22-7-5-6-19(18-22)14-16-30-17-15-26(34-21-12-10-20(29)11-13-21)27-31-23-8-3-4-9-25(23)36-27/h3-13,18,24,26,30H,2,14-17H2,1H3,(H,32,33). The molecule has 2 unspecified atom stereocenters. The van der Waals surface area contributed by atoms with Crippen molar-refractivity contribution < 1.29 is 28.2 Å². The fourth-order valence-electron chi connectivity index (χ4n) is 3.78. The number of ether oxygens (including phenoxy) is 2. The number of aliphatic carboxylic acids is 1. The summed E-state index contributed by atoms with van der Waals surface area (Å²) in [5.41, 5.74) is 2.48. The van der Waals surface area contributed by atoms with Gasteiger partial charge in [0.05, 0.1) is 0 Å². The molecule has 0 saturated heterocycles. The Hall–Kier alpha value is -3.91. The highest BCUT2D eigenvalue weighted by Crippen LogP contribution is 2.27. The number of carboxylic acid groups (broad SMARTS) is 1. The molecule has 8 heteroatoms. The topological polar surface area (TPSA) is 93.8 Å². The summed E-state index contributed by atoms with van der Waals surface area (Å²) < 4.78 is 30.9. The zero-order valence-corrected chi connectivity index (χ0v) is 20.0. The van der Waals surface area contributed by atoms with Crippen molar-refractivity contribution in [2.75, 3.05) is 13.1 Å². The zero-order chi connectivity index (χ0) is 25.3. The number of carbonyl (C=O) groups is 1. The van der Waals surface area contributed by atoms with Crippen molar-refractivity contribution in [3.8, 4) is 11.5 Å². The number of carboxylic acids is 1. The van der Waals surface area contributed by atoms with Crippen LogP contribution in [0.15, 0.2) is 77.2 Å². The van der Waals surface area contributed by atoms with Crippen LogP contribution in [-0.2, 0) is 11.2 Å². The third kappa shape index (κ3) is 6.82. The molecule has 0 fully saturated rings. The van der Waals surface area contributed by atoms with Crippen molar-refractivity contribution in [1.29, 1.82) is 0 Å². The molecule has 2 atom stereocenters. The average molecular weight is 493 g/mol. The van der Waals surface area contributed by atoms with E-state index in [1.165, 1.54) is 12.1 Å². The van der Waals surface area contributed by atoms with Crippen molar-refractivity contribution in [3.05, 3.63) is 90.1 Å². The van der Waals surface area contributed by atoms with Crippen molar-refractivity contribution >= 4 is 17.1 Å². The van der Waals surface area contributed by atoms with Gasteiger partial charge in [-0.1, -0.05) is 31.2 Å². The van der Waals surface area contributed by atoms with Gasteiger partial charge in [0.2, 0.25) is 5.89 Å². The molecule has 188 valence electrons. The number of halogens is 1. The first-order valence-electron chi connectivity index (χ1n) is 12.0. The van der Waals surface area contributed by atoms with E-state index in [1.54, 1.807) is 25.1 Å². The normalized spacial score (nSPS) is 12.8. The first-order valence-corrected chi connectivity index (χ1v) is 12.0. The molecular weight excluding hydrogens is 463 g/mol. The van der Waals surface area contributed by atoms with E-state index in [2.05, 4.69) is 10.3 Å². The summed E-state index contributed by atoms with van der Waals surface area (Å²) >= 11 is 0. The van der Waals surface area contributed by atoms with Gasteiger partial charge in [0.25, 0.3) is 0 Å². The third-order valence-corrected chi connectivity index (χ3v) is 5.67. The molecule has 0 aliphatic heterocycles. The minimum atomic E-state index is -0.971. The van der Waals surface area contributed by atoms with Crippen LogP contribution >= 0.6 is 0 Å². The van der Waals surface area contributed by atoms with Crippen LogP contribution in [0.4, 0.5) is 4.39 Å². The molecule has 0 amide bonds. The van der Waals surface area contributed by atoms with Crippen molar-refractivity contribution in [2.24, 2.45) is 0 Å². The maximum Gasteiger partial charge on any atom is 0.344 e. The van der Waals surface area contributed by atoms with E-state index < -0.39 is 18.2 Å². The van der Waals surface area contributed by atoms with Gasteiger partial charge in [0.15, 0.2) is 17.8 Å². The van der Waals surface area contributed by atoms with E-state index in [-0.39, 0.29) is 5.82 Å². The lowest BCUT2D eigenvalue weighted by molar-refractivity contribution is -0.145. The van der Waals surface area contributed by atoms with Gasteiger partial charge in [-0.15, -0.1) is 0 Å². The van der Waals surface area contributed by atoms with Gasteiger partial charge < -0.3 is 24.3 Å². The molecule has 0 bridgehead atoms. The largest absolute Gasteiger partial charge is 0.481 e. The Balaban J connectivity index is 1.34. The molecule has 7 nitrogen and oxygen atoms in total. The Morgan fingerprint density at radius 3 is 2.58 bits per heavy atom. The Bertz CT molecular complexity index is 1240. The number of nitrogens with one attached hydrogen (secondary N) is 1. The second kappa shape index (κ2) is 12.2. The number of aromatic nitrogens is 1. The highest BCUT2D eigenvalue weighted by Gasteiger charge is 2.20. The molecule has 0 aliphatic carbocycles. The summed E-state index contributed by atoms with van der Waals surface area (Å²) in [6, 6.07) is 20.9. The van der Waals surface area contributed by atoms with Crippen LogP contribution in [-0.4, -0.2) is 35.3 Å². The Labute approximate surface area is 208 Å². The fraction of sp³-hybridized carbons (Fsp3) is 0.286. The highest BCUT2D eigenvalue weighted by atomic mass is 19.1. The van der Waals surface area contributed by atoms with E-state index in [1.807, 2.05) is 42.5 Å². The molecule has 0 spiro atoms. The van der Waals surface area contributed by atoms with Gasteiger partial charge in [0.1, 0.15) is 22.8 Å². The molecule has 0 radical (unpaired) electrons. The molecule has 0 saturated carbocycles. The van der Waals surface area contributed by atoms with E-state index in [4.69, 9.17) is 13.9 Å². The lowest BCUT2D eigenvalue weighted by atomic mass is 10.1. The lowest BCUT2D eigenvalue weighted by Gasteiger charge is -2.17. The van der Waals surface area contributed by atoms with Crippen LogP contribution in [0.25, 0.3) is 11.1 Å². The maximum atomic E-state index is 13.3. The van der Waals surface area contributed by atoms with Crippen LogP contribution in [0.2, 0.25) is 0 Å². The van der Waals surface area contributed by atoms with Crippen LogP contribution < -0.4 is 14.8 Å². The molecule has 4 rings (SSSR count). The third-order valence-electron chi connectivity index (χ3n) is 5.67. The van der Waals surface area contributed by atoms with Gasteiger partial charge in [-0.2, -0.15) is 0 Å². The predicted molar refractivity (Wildman–Crippen MR) is 134 cm³/mol. The van der Waals surface area contributed by atoms with Crippen molar-refractivity contribution in [3.63, 3.8) is 0 Å². The van der Waals surface area contributed by atoms with E-state index in [0.29, 0.717) is 48.9 Å². The number of oxazole rings is 1. The van der Waals surface area contributed by atoms with Gasteiger partial charge >= 0.3 is 5.97 Å². The monoisotopic (exact) mass is 492 g/mol. The maximum absolute atomic E-state index is 13.3. The summed E-state index contributed by atoms with van der Waals surface area (Å²) in [7, 11) is 0. The van der Waals surface area contributed by atoms with Crippen LogP contribution in [0.5, 0.6) is 11.5 Å². The second-order valence-corrected chi connectivity index (χ2v) is 8.37. The van der Waals surface area contributed by atoms with Gasteiger partial charge in [0, 0.05) is 6.42 Å². The lowest BCUT2D eigenvalue weighted by Crippen LogP contribution is -2.26. The number of nitrogens with zero attached hydrogens (tertiary/aromatic N) is 1. The Morgan fingerprint density at radius 2 is 1.83 bits per heavy atom. The predicted octanol–water partition coefficient (Wildman–Crippen LogP) is 5.55. The van der Waals surface area contributed by atoms with Crippen LogP contribution in [0.3, 0.4) is 0 Å². The number of benzene rings is 3. The highest BCUT2D eigenvalue weighted by molar-refractivity contribution is 5.73. The van der Waals surface area contributed by atoms with E-state index in [0.717, 1.165) is 17.5 Å². The second-order valence-electron chi connectivity index (χ2n) is 8.37.